The number of aromatic nitrogens is 2. The van der Waals surface area contributed by atoms with Gasteiger partial charge in [-0.15, -0.1) is 0 Å². The van der Waals surface area contributed by atoms with Crippen molar-refractivity contribution < 1.29 is 9.32 Å². The number of likely N-dealkylation sites (tertiary alicyclic amines) is 1. The first-order chi connectivity index (χ1) is 10.2. The molecule has 1 aromatic heterocycles. The van der Waals surface area contributed by atoms with Gasteiger partial charge in [0.1, 0.15) is 0 Å². The zero-order chi connectivity index (χ0) is 15.1. The number of nitrogens with zero attached hydrogens (tertiary/aromatic N) is 3. The number of hydrogen-bond acceptors (Lipinski definition) is 6. The highest BCUT2D eigenvalue weighted by atomic mass is 16.5. The minimum atomic E-state index is 0.0309. The summed E-state index contributed by atoms with van der Waals surface area (Å²) < 4.78 is 5.26. The van der Waals surface area contributed by atoms with Crippen LogP contribution in [0.25, 0.3) is 0 Å². The number of aryl methyl sites for hydroxylation is 1. The molecular formula is C14H25N5O2. The average molecular weight is 295 g/mol. The van der Waals surface area contributed by atoms with E-state index in [1.807, 2.05) is 0 Å². The van der Waals surface area contributed by atoms with Gasteiger partial charge in [0.2, 0.25) is 11.8 Å². The fourth-order valence-corrected chi connectivity index (χ4v) is 2.62. The van der Waals surface area contributed by atoms with Crippen molar-refractivity contribution in [1.82, 2.24) is 20.4 Å². The predicted octanol–water partition coefficient (Wildman–Crippen LogP) is 0.309. The van der Waals surface area contributed by atoms with Crippen molar-refractivity contribution in [3.8, 4) is 0 Å². The molecule has 7 heteroatoms. The van der Waals surface area contributed by atoms with Crippen LogP contribution in [0.3, 0.4) is 0 Å². The van der Waals surface area contributed by atoms with Gasteiger partial charge in [0.25, 0.3) is 0 Å². The van der Waals surface area contributed by atoms with Crippen molar-refractivity contribution in [3.05, 3.63) is 11.7 Å². The topological polar surface area (TPSA) is 97.3 Å². The Labute approximate surface area is 125 Å². The van der Waals surface area contributed by atoms with Crippen LogP contribution in [0.5, 0.6) is 0 Å². The van der Waals surface area contributed by atoms with Crippen LogP contribution in [0.2, 0.25) is 0 Å². The fraction of sp³-hybridized carbons (Fsp3) is 0.786. The van der Waals surface area contributed by atoms with Gasteiger partial charge < -0.3 is 15.6 Å². The molecule has 2 heterocycles. The van der Waals surface area contributed by atoms with Crippen molar-refractivity contribution in [2.75, 3.05) is 26.2 Å². The zero-order valence-electron chi connectivity index (χ0n) is 12.7. The molecule has 0 aliphatic carbocycles. The molecule has 7 nitrogen and oxygen atoms in total. The van der Waals surface area contributed by atoms with Gasteiger partial charge in [-0.3, -0.25) is 9.69 Å². The lowest BCUT2D eigenvalue weighted by Crippen LogP contribution is -2.43. The maximum Gasteiger partial charge on any atom is 0.240 e. The molecule has 1 atom stereocenters. The Bertz CT molecular complexity index is 448. The molecule has 1 aromatic rings. The molecule has 1 aliphatic heterocycles. The SMILES string of the molecule is CCCc1noc(CN2CCCC(C(=O)NCCN)C2)n1. The van der Waals surface area contributed by atoms with E-state index in [1.54, 1.807) is 0 Å². The van der Waals surface area contributed by atoms with Gasteiger partial charge in [0.15, 0.2) is 5.82 Å². The Morgan fingerprint density at radius 1 is 1.57 bits per heavy atom. The van der Waals surface area contributed by atoms with Crippen molar-refractivity contribution in [2.45, 2.75) is 39.2 Å². The summed E-state index contributed by atoms with van der Waals surface area (Å²) in [6.07, 6.45) is 3.79. The van der Waals surface area contributed by atoms with E-state index in [9.17, 15) is 4.79 Å². The van der Waals surface area contributed by atoms with Crippen LogP contribution in [0.15, 0.2) is 4.52 Å². The van der Waals surface area contributed by atoms with Crippen molar-refractivity contribution in [1.29, 1.82) is 0 Å². The summed E-state index contributed by atoms with van der Waals surface area (Å²) in [5, 5.41) is 6.83. The quantitative estimate of drug-likeness (QED) is 0.751. The second-order valence-electron chi connectivity index (χ2n) is 5.51. The Hall–Kier alpha value is -1.47. The zero-order valence-corrected chi connectivity index (χ0v) is 12.7. The number of piperidine rings is 1. The van der Waals surface area contributed by atoms with E-state index in [-0.39, 0.29) is 11.8 Å². The standard InChI is InChI=1S/C14H25N5O2/c1-2-4-12-17-13(21-18-12)10-19-8-3-5-11(9-19)14(20)16-7-6-15/h11H,2-10,15H2,1H3,(H,16,20). The van der Waals surface area contributed by atoms with Gasteiger partial charge in [-0.2, -0.15) is 4.98 Å². The van der Waals surface area contributed by atoms with E-state index < -0.39 is 0 Å². The maximum atomic E-state index is 12.0. The molecule has 118 valence electrons. The van der Waals surface area contributed by atoms with Crippen LogP contribution < -0.4 is 11.1 Å². The van der Waals surface area contributed by atoms with E-state index >= 15 is 0 Å². The third-order valence-corrected chi connectivity index (χ3v) is 3.66. The number of nitrogens with two attached hydrogens (primary N) is 1. The van der Waals surface area contributed by atoms with Crippen molar-refractivity contribution in [3.63, 3.8) is 0 Å². The number of nitrogens with one attached hydrogen (secondary N) is 1. The predicted molar refractivity (Wildman–Crippen MR) is 78.4 cm³/mol. The van der Waals surface area contributed by atoms with Crippen molar-refractivity contribution in [2.24, 2.45) is 11.7 Å². The molecule has 0 aromatic carbocycles. The van der Waals surface area contributed by atoms with Crippen molar-refractivity contribution >= 4 is 5.91 Å². The summed E-state index contributed by atoms with van der Waals surface area (Å²) in [7, 11) is 0. The largest absolute Gasteiger partial charge is 0.355 e. The first-order valence-corrected chi connectivity index (χ1v) is 7.74. The Morgan fingerprint density at radius 3 is 3.19 bits per heavy atom. The lowest BCUT2D eigenvalue weighted by atomic mass is 9.97. The average Bonchev–Trinajstić information content (AvgIpc) is 2.92. The van der Waals surface area contributed by atoms with Gasteiger partial charge in [-0.25, -0.2) is 0 Å². The Balaban J connectivity index is 1.84. The molecule has 1 amide bonds. The summed E-state index contributed by atoms with van der Waals surface area (Å²) in [6.45, 7) is 5.43. The number of rotatable bonds is 7. The fourth-order valence-electron chi connectivity index (χ4n) is 2.62. The number of carbonyl (C=O) groups excluding carboxylic acids is 1. The number of carbonyl (C=O) groups is 1. The highest BCUT2D eigenvalue weighted by Crippen LogP contribution is 2.18. The Morgan fingerprint density at radius 2 is 2.43 bits per heavy atom. The molecule has 0 saturated carbocycles. The first-order valence-electron chi connectivity index (χ1n) is 7.74. The third-order valence-electron chi connectivity index (χ3n) is 3.66. The monoisotopic (exact) mass is 295 g/mol. The van der Waals surface area contributed by atoms with Gasteiger partial charge in [0.05, 0.1) is 12.5 Å². The van der Waals surface area contributed by atoms with Crippen LogP contribution in [0, 0.1) is 5.92 Å². The minimum absolute atomic E-state index is 0.0309. The summed E-state index contributed by atoms with van der Waals surface area (Å²) >= 11 is 0. The molecule has 1 saturated heterocycles. The van der Waals surface area contributed by atoms with E-state index in [2.05, 4.69) is 27.3 Å². The molecule has 0 bridgehead atoms. The van der Waals surface area contributed by atoms with Gasteiger partial charge in [-0.1, -0.05) is 12.1 Å². The van der Waals surface area contributed by atoms with Crippen LogP contribution in [0.4, 0.5) is 0 Å². The smallest absolute Gasteiger partial charge is 0.240 e. The highest BCUT2D eigenvalue weighted by molar-refractivity contribution is 5.78. The lowest BCUT2D eigenvalue weighted by molar-refractivity contribution is -0.126. The first kappa shape index (κ1) is 15.9. The number of amides is 1. The molecular weight excluding hydrogens is 270 g/mol. The van der Waals surface area contributed by atoms with Gasteiger partial charge >= 0.3 is 0 Å². The highest BCUT2D eigenvalue weighted by Gasteiger charge is 2.26. The molecule has 1 fully saturated rings. The summed E-state index contributed by atoms with van der Waals surface area (Å²) in [6, 6.07) is 0. The van der Waals surface area contributed by atoms with Crippen LogP contribution in [0.1, 0.15) is 37.9 Å². The van der Waals surface area contributed by atoms with Crippen LogP contribution >= 0.6 is 0 Å². The molecule has 1 aliphatic rings. The van der Waals surface area contributed by atoms with E-state index in [4.69, 9.17) is 10.3 Å². The van der Waals surface area contributed by atoms with Crippen LogP contribution in [-0.4, -0.2) is 47.1 Å². The normalized spacial score (nSPS) is 19.6. The summed E-state index contributed by atoms with van der Waals surface area (Å²) in [4.78, 5) is 18.6. The summed E-state index contributed by atoms with van der Waals surface area (Å²) in [5.41, 5.74) is 5.41. The van der Waals surface area contributed by atoms with Crippen LogP contribution in [-0.2, 0) is 17.8 Å². The van der Waals surface area contributed by atoms with E-state index in [0.717, 1.165) is 44.6 Å². The Kier molecular flexibility index (Phi) is 6.13. The van der Waals surface area contributed by atoms with E-state index in [0.29, 0.717) is 25.5 Å². The molecule has 3 N–H and O–H groups in total. The second-order valence-corrected chi connectivity index (χ2v) is 5.51. The van der Waals surface area contributed by atoms with Gasteiger partial charge in [-0.05, 0) is 25.8 Å². The minimum Gasteiger partial charge on any atom is -0.355 e. The molecule has 2 rings (SSSR count). The molecule has 0 radical (unpaired) electrons. The molecule has 21 heavy (non-hydrogen) atoms. The number of hydrogen-bond donors (Lipinski definition) is 2. The molecule has 0 spiro atoms. The summed E-state index contributed by atoms with van der Waals surface area (Å²) in [5.74, 6) is 1.54. The second kappa shape index (κ2) is 8.09. The van der Waals surface area contributed by atoms with E-state index in [1.165, 1.54) is 0 Å². The maximum absolute atomic E-state index is 12.0. The lowest BCUT2D eigenvalue weighted by Gasteiger charge is -2.30. The molecule has 1 unspecified atom stereocenters. The van der Waals surface area contributed by atoms with Gasteiger partial charge in [0, 0.05) is 26.1 Å². The third kappa shape index (κ3) is 4.78.